The summed E-state index contributed by atoms with van der Waals surface area (Å²) in [6, 6.07) is 7.25. The molecule has 9 heteroatoms. The van der Waals surface area contributed by atoms with E-state index in [2.05, 4.69) is 9.98 Å². The van der Waals surface area contributed by atoms with Gasteiger partial charge in [-0.25, -0.2) is 9.98 Å². The molecule has 1 fully saturated rings. The highest BCUT2D eigenvalue weighted by Crippen LogP contribution is 2.29. The van der Waals surface area contributed by atoms with Gasteiger partial charge in [-0.1, -0.05) is 29.4 Å². The van der Waals surface area contributed by atoms with E-state index in [1.54, 1.807) is 11.0 Å². The molecule has 3 heterocycles. The van der Waals surface area contributed by atoms with Crippen molar-refractivity contribution in [1.82, 2.24) is 14.5 Å². The van der Waals surface area contributed by atoms with Crippen LogP contribution < -0.4 is 5.56 Å². The average molecular weight is 419 g/mol. The van der Waals surface area contributed by atoms with E-state index in [0.717, 1.165) is 17.0 Å². The molecule has 3 aromatic rings. The first kappa shape index (κ1) is 18.2. The summed E-state index contributed by atoms with van der Waals surface area (Å²) < 4.78 is 1.35. The number of aliphatic imine (C=N–C) groups is 1. The van der Waals surface area contributed by atoms with Crippen LogP contribution in [0.15, 0.2) is 45.8 Å². The molecule has 1 aromatic carbocycles. The molecule has 1 amide bonds. The maximum atomic E-state index is 12.8. The average Bonchev–Trinajstić information content (AvgIpc) is 3.31. The van der Waals surface area contributed by atoms with E-state index in [-0.39, 0.29) is 18.0 Å². The van der Waals surface area contributed by atoms with Crippen molar-refractivity contribution < 1.29 is 4.79 Å². The van der Waals surface area contributed by atoms with E-state index in [1.807, 2.05) is 30.5 Å². The van der Waals surface area contributed by atoms with Crippen molar-refractivity contribution >= 4 is 61.7 Å². The summed E-state index contributed by atoms with van der Waals surface area (Å²) in [4.78, 5) is 36.5. The minimum Gasteiger partial charge on any atom is -0.289 e. The third-order valence-corrected chi connectivity index (χ3v) is 6.48. The molecule has 27 heavy (non-hydrogen) atoms. The predicted molar refractivity (Wildman–Crippen MR) is 111 cm³/mol. The Morgan fingerprint density at radius 1 is 1.37 bits per heavy atom. The monoisotopic (exact) mass is 418 g/mol. The Hall–Kier alpha value is -2.16. The Balaban J connectivity index is 1.60. The Kier molecular flexibility index (Phi) is 5.03. The molecular formula is C18H15ClN4O2S2. The minimum atomic E-state index is -0.203. The first-order valence-corrected chi connectivity index (χ1v) is 10.5. The highest BCUT2D eigenvalue weighted by molar-refractivity contribution is 8.14. The first-order chi connectivity index (χ1) is 13.0. The van der Waals surface area contributed by atoms with Crippen molar-refractivity contribution in [2.24, 2.45) is 4.99 Å². The van der Waals surface area contributed by atoms with Gasteiger partial charge in [0.15, 0.2) is 5.17 Å². The lowest BCUT2D eigenvalue weighted by Gasteiger charge is -2.17. The van der Waals surface area contributed by atoms with Crippen LogP contribution in [0, 0.1) is 6.92 Å². The third-order valence-electron chi connectivity index (χ3n) is 4.29. The van der Waals surface area contributed by atoms with Gasteiger partial charge in [0.1, 0.15) is 11.4 Å². The number of rotatable bonds is 3. The molecule has 2 aromatic heterocycles. The van der Waals surface area contributed by atoms with Crippen LogP contribution in [0.4, 0.5) is 5.69 Å². The van der Waals surface area contributed by atoms with Crippen LogP contribution in [0.25, 0.3) is 10.2 Å². The standard InChI is InChI=1S/C18H15ClN4O2S2/c1-11-13(19)3-2-4-14(11)21-18-23(6-8-27-18)15(24)9-22-10-20-16-12(17(22)25)5-7-26-16/h2-5,7,10H,6,8-9H2,1H3. The quantitative estimate of drug-likeness (QED) is 0.650. The lowest BCUT2D eigenvalue weighted by atomic mass is 10.2. The third kappa shape index (κ3) is 3.52. The highest BCUT2D eigenvalue weighted by Gasteiger charge is 2.26. The maximum Gasteiger partial charge on any atom is 0.262 e. The van der Waals surface area contributed by atoms with E-state index < -0.39 is 0 Å². The number of fused-ring (bicyclic) bond motifs is 1. The fourth-order valence-corrected chi connectivity index (χ4v) is 4.64. The molecule has 0 aliphatic carbocycles. The molecule has 1 aliphatic rings. The van der Waals surface area contributed by atoms with Gasteiger partial charge in [-0.3, -0.25) is 19.1 Å². The van der Waals surface area contributed by atoms with Crippen LogP contribution in [0.5, 0.6) is 0 Å². The number of thioether (sulfide) groups is 1. The summed E-state index contributed by atoms with van der Waals surface area (Å²) in [6.45, 7) is 2.39. The number of nitrogens with zero attached hydrogens (tertiary/aromatic N) is 4. The largest absolute Gasteiger partial charge is 0.289 e. The van der Waals surface area contributed by atoms with Crippen molar-refractivity contribution in [3.8, 4) is 0 Å². The van der Waals surface area contributed by atoms with Crippen LogP contribution in [-0.4, -0.2) is 37.8 Å². The molecule has 0 spiro atoms. The summed E-state index contributed by atoms with van der Waals surface area (Å²) >= 11 is 9.08. The van der Waals surface area contributed by atoms with Gasteiger partial charge in [0, 0.05) is 17.3 Å². The van der Waals surface area contributed by atoms with Gasteiger partial charge >= 0.3 is 0 Å². The molecule has 6 nitrogen and oxygen atoms in total. The number of hydrogen-bond donors (Lipinski definition) is 0. The van der Waals surface area contributed by atoms with Crippen LogP contribution in [0.1, 0.15) is 5.56 Å². The van der Waals surface area contributed by atoms with Crippen LogP contribution in [-0.2, 0) is 11.3 Å². The van der Waals surface area contributed by atoms with Crippen LogP contribution >= 0.6 is 34.7 Å². The minimum absolute atomic E-state index is 0.0638. The van der Waals surface area contributed by atoms with Crippen molar-refractivity contribution in [3.05, 3.63) is 56.9 Å². The predicted octanol–water partition coefficient (Wildman–Crippen LogP) is 3.68. The summed E-state index contributed by atoms with van der Waals surface area (Å²) in [5.41, 5.74) is 1.41. The first-order valence-electron chi connectivity index (χ1n) is 8.24. The number of carbonyl (C=O) groups excluding carboxylic acids is 1. The molecule has 1 saturated heterocycles. The Labute approximate surface area is 168 Å². The summed E-state index contributed by atoms with van der Waals surface area (Å²) in [6.07, 6.45) is 1.43. The zero-order valence-corrected chi connectivity index (χ0v) is 16.8. The fourth-order valence-electron chi connectivity index (χ4n) is 2.78. The Morgan fingerprint density at radius 2 is 2.22 bits per heavy atom. The van der Waals surface area contributed by atoms with Gasteiger partial charge in [0.05, 0.1) is 17.4 Å². The second-order valence-corrected chi connectivity index (χ2v) is 8.35. The lowest BCUT2D eigenvalue weighted by Crippen LogP contribution is -2.37. The van der Waals surface area contributed by atoms with Crippen molar-refractivity contribution in [2.45, 2.75) is 13.5 Å². The molecule has 0 unspecified atom stereocenters. The molecular weight excluding hydrogens is 404 g/mol. The Morgan fingerprint density at radius 3 is 3.07 bits per heavy atom. The van der Waals surface area contributed by atoms with Crippen molar-refractivity contribution in [2.75, 3.05) is 12.3 Å². The van der Waals surface area contributed by atoms with E-state index >= 15 is 0 Å². The van der Waals surface area contributed by atoms with Crippen molar-refractivity contribution in [1.29, 1.82) is 0 Å². The molecule has 1 aliphatic heterocycles. The number of aromatic nitrogens is 2. The summed E-state index contributed by atoms with van der Waals surface area (Å²) in [7, 11) is 0. The van der Waals surface area contributed by atoms with Crippen molar-refractivity contribution in [3.63, 3.8) is 0 Å². The fraction of sp³-hybridized carbons (Fsp3) is 0.222. The summed E-state index contributed by atoms with van der Waals surface area (Å²) in [5.74, 6) is 0.581. The van der Waals surface area contributed by atoms with Crippen LogP contribution in [0.2, 0.25) is 5.02 Å². The smallest absolute Gasteiger partial charge is 0.262 e. The maximum absolute atomic E-state index is 12.8. The van der Waals surface area contributed by atoms with E-state index in [1.165, 1.54) is 34.0 Å². The zero-order chi connectivity index (χ0) is 19.0. The molecule has 0 saturated carbocycles. The van der Waals surface area contributed by atoms with Gasteiger partial charge in [-0.2, -0.15) is 0 Å². The number of amides is 1. The van der Waals surface area contributed by atoms with Gasteiger partial charge < -0.3 is 0 Å². The van der Waals surface area contributed by atoms with E-state index in [9.17, 15) is 9.59 Å². The second kappa shape index (κ2) is 7.46. The number of carbonyl (C=O) groups is 1. The zero-order valence-electron chi connectivity index (χ0n) is 14.4. The number of halogens is 1. The number of amidine groups is 1. The molecule has 138 valence electrons. The molecule has 0 atom stereocenters. The van der Waals surface area contributed by atoms with Gasteiger partial charge in [-0.05, 0) is 36.1 Å². The Bertz CT molecular complexity index is 1120. The second-order valence-electron chi connectivity index (χ2n) is 5.99. The number of benzene rings is 1. The van der Waals surface area contributed by atoms with Gasteiger partial charge in [-0.15, -0.1) is 11.3 Å². The normalized spacial score (nSPS) is 15.8. The van der Waals surface area contributed by atoms with Crippen LogP contribution in [0.3, 0.4) is 0 Å². The molecule has 0 bridgehead atoms. The van der Waals surface area contributed by atoms with Gasteiger partial charge in [0.2, 0.25) is 5.91 Å². The lowest BCUT2D eigenvalue weighted by molar-refractivity contribution is -0.127. The number of hydrogen-bond acceptors (Lipinski definition) is 6. The SMILES string of the molecule is Cc1c(Cl)cccc1N=C1SCCN1C(=O)Cn1cnc2sccc2c1=O. The molecule has 4 rings (SSSR count). The topological polar surface area (TPSA) is 67.6 Å². The number of thiophene rings is 1. The molecule has 0 N–H and O–H groups in total. The highest BCUT2D eigenvalue weighted by atomic mass is 35.5. The van der Waals surface area contributed by atoms with E-state index in [4.69, 9.17) is 11.6 Å². The van der Waals surface area contributed by atoms with Gasteiger partial charge in [0.25, 0.3) is 5.56 Å². The molecule has 0 radical (unpaired) electrons. The summed E-state index contributed by atoms with van der Waals surface area (Å²) in [5, 5.41) is 3.62. The van der Waals surface area contributed by atoms with E-state index in [0.29, 0.717) is 27.0 Å².